The van der Waals surface area contributed by atoms with Crippen LogP contribution in [0, 0.1) is 0 Å². The number of likely N-dealkylation sites (tertiary alicyclic amines) is 1. The first-order valence-corrected chi connectivity index (χ1v) is 17.7. The molecular weight excluding hydrogens is 616 g/mol. The molecule has 1 saturated carbocycles. The first-order chi connectivity index (χ1) is 22.8. The first-order valence-electron chi connectivity index (χ1n) is 17.3. The molecule has 3 N–H and O–H groups in total. The number of carbonyl (C=O) groups is 4. The summed E-state index contributed by atoms with van der Waals surface area (Å²) in [5, 5.41) is 10.1. The van der Waals surface area contributed by atoms with Gasteiger partial charge in [0.25, 0.3) is 5.91 Å². The molecule has 10 nitrogen and oxygen atoms in total. The van der Waals surface area contributed by atoms with E-state index in [2.05, 4.69) is 20.9 Å². The van der Waals surface area contributed by atoms with E-state index in [0.29, 0.717) is 44.0 Å². The van der Waals surface area contributed by atoms with Gasteiger partial charge in [0.1, 0.15) is 18.1 Å². The Balaban J connectivity index is 1.16. The van der Waals surface area contributed by atoms with E-state index >= 15 is 0 Å². The molecular formula is C36H47ClN6O4. The number of carbonyl (C=O) groups excluding carboxylic acids is 4. The third-order valence-electron chi connectivity index (χ3n) is 10.4. The van der Waals surface area contributed by atoms with Crippen molar-refractivity contribution in [3.63, 3.8) is 0 Å². The molecule has 1 spiro atoms. The van der Waals surface area contributed by atoms with Crippen molar-refractivity contribution in [1.29, 1.82) is 0 Å². The second-order valence-corrected chi connectivity index (χ2v) is 14.0. The zero-order valence-corrected chi connectivity index (χ0v) is 27.9. The van der Waals surface area contributed by atoms with Gasteiger partial charge in [0.05, 0.1) is 12.7 Å². The molecule has 47 heavy (non-hydrogen) atoms. The molecule has 4 fully saturated rings. The zero-order chi connectivity index (χ0) is 32.8. The Morgan fingerprint density at radius 1 is 0.915 bits per heavy atom. The minimum absolute atomic E-state index is 0.0213. The average Bonchev–Trinajstić information content (AvgIpc) is 3.36. The number of rotatable bonds is 9. The van der Waals surface area contributed by atoms with E-state index in [1.54, 1.807) is 21.9 Å². The molecule has 1 aliphatic carbocycles. The van der Waals surface area contributed by atoms with Crippen molar-refractivity contribution < 1.29 is 19.2 Å². The smallest absolute Gasteiger partial charge is 0.250 e. The summed E-state index contributed by atoms with van der Waals surface area (Å²) >= 11 is 6.12. The number of para-hydroxylation sites is 1. The van der Waals surface area contributed by atoms with Crippen LogP contribution >= 0.6 is 11.6 Å². The number of halogens is 1. The van der Waals surface area contributed by atoms with Gasteiger partial charge in [-0.25, -0.2) is 0 Å². The maximum Gasteiger partial charge on any atom is 0.250 e. The lowest BCUT2D eigenvalue weighted by atomic mass is 9.85. The lowest BCUT2D eigenvalue weighted by Crippen LogP contribution is -2.60. The highest BCUT2D eigenvalue weighted by Gasteiger charge is 2.54. The third kappa shape index (κ3) is 7.75. The first kappa shape index (κ1) is 33.3. The minimum Gasteiger partial charge on any atom is -0.352 e. The highest BCUT2D eigenvalue weighted by atomic mass is 35.5. The molecule has 4 amide bonds. The highest BCUT2D eigenvalue weighted by Crippen LogP contribution is 2.39. The molecule has 3 saturated heterocycles. The van der Waals surface area contributed by atoms with E-state index in [4.69, 9.17) is 11.6 Å². The van der Waals surface area contributed by atoms with Crippen LogP contribution in [0.2, 0.25) is 5.02 Å². The summed E-state index contributed by atoms with van der Waals surface area (Å²) in [6, 6.07) is 16.3. The number of benzene rings is 2. The average molecular weight is 663 g/mol. The van der Waals surface area contributed by atoms with E-state index in [1.807, 2.05) is 42.5 Å². The summed E-state index contributed by atoms with van der Waals surface area (Å²) in [5.41, 5.74) is 0.967. The van der Waals surface area contributed by atoms with Gasteiger partial charge in [-0.05, 0) is 74.9 Å². The van der Waals surface area contributed by atoms with E-state index in [-0.39, 0.29) is 42.3 Å². The van der Waals surface area contributed by atoms with E-state index in [9.17, 15) is 19.2 Å². The van der Waals surface area contributed by atoms with Crippen LogP contribution in [-0.4, -0.2) is 89.9 Å². The van der Waals surface area contributed by atoms with E-state index < -0.39 is 11.6 Å². The number of anilines is 1. The maximum atomic E-state index is 14.2. The maximum absolute atomic E-state index is 14.2. The molecule has 6 rings (SSSR count). The zero-order valence-electron chi connectivity index (χ0n) is 27.1. The lowest BCUT2D eigenvalue weighted by molar-refractivity contribution is -0.141. The van der Waals surface area contributed by atoms with Crippen LogP contribution in [0.3, 0.4) is 0 Å². The van der Waals surface area contributed by atoms with Crippen LogP contribution in [0.1, 0.15) is 69.8 Å². The molecule has 2 atom stereocenters. The standard InChI is InChI=1S/C36H47ClN6O4/c37-27-16-14-26(15-17-27)23-31(40-33(45)30-13-7-8-20-38-30)34(46)41-21-18-36(19-22-41)35(47)42(25-43(36)29-11-5-2-6-12-29)24-32(44)39-28-9-3-1-4-10-28/h2,5-6,11-12,14-17,28,30-31,38H,1,3-4,7-10,13,18-25H2,(H,39,44)(H,40,45)/t30-,31+/m0/s1. The Hall–Kier alpha value is -3.63. The number of nitrogens with one attached hydrogen (secondary N) is 3. The molecule has 11 heteroatoms. The van der Waals surface area contributed by atoms with Crippen molar-refractivity contribution in [3.8, 4) is 0 Å². The largest absolute Gasteiger partial charge is 0.352 e. The van der Waals surface area contributed by atoms with E-state index in [0.717, 1.165) is 62.7 Å². The van der Waals surface area contributed by atoms with Crippen LogP contribution in [0.15, 0.2) is 54.6 Å². The number of hydrogen-bond acceptors (Lipinski definition) is 6. The third-order valence-corrected chi connectivity index (χ3v) is 10.6. The van der Waals surface area contributed by atoms with Crippen molar-refractivity contribution in [2.24, 2.45) is 0 Å². The Morgan fingerprint density at radius 2 is 1.62 bits per heavy atom. The Morgan fingerprint density at radius 3 is 2.30 bits per heavy atom. The highest BCUT2D eigenvalue weighted by molar-refractivity contribution is 6.30. The van der Waals surface area contributed by atoms with Crippen molar-refractivity contribution in [2.45, 2.75) is 94.3 Å². The van der Waals surface area contributed by atoms with Gasteiger partial charge < -0.3 is 30.7 Å². The van der Waals surface area contributed by atoms with Gasteiger partial charge in [-0.1, -0.05) is 67.6 Å². The summed E-state index contributed by atoms with van der Waals surface area (Å²) in [5.74, 6) is -0.494. The van der Waals surface area contributed by atoms with Gasteiger partial charge in [-0.3, -0.25) is 19.2 Å². The van der Waals surface area contributed by atoms with Gasteiger partial charge in [0.2, 0.25) is 17.7 Å². The fourth-order valence-electron chi connectivity index (χ4n) is 7.74. The van der Waals surface area contributed by atoms with Gasteiger partial charge >= 0.3 is 0 Å². The summed E-state index contributed by atoms with van der Waals surface area (Å²) in [6.45, 7) is 1.86. The normalized spacial score (nSPS) is 22.3. The minimum atomic E-state index is -0.857. The van der Waals surface area contributed by atoms with Crippen molar-refractivity contribution in [3.05, 3.63) is 65.2 Å². The van der Waals surface area contributed by atoms with E-state index in [1.165, 1.54) is 6.42 Å². The van der Waals surface area contributed by atoms with Crippen LogP contribution < -0.4 is 20.9 Å². The fourth-order valence-corrected chi connectivity index (χ4v) is 7.86. The second kappa shape index (κ2) is 15.1. The Bertz CT molecular complexity index is 1400. The van der Waals surface area contributed by atoms with Gasteiger partial charge in [-0.15, -0.1) is 0 Å². The van der Waals surface area contributed by atoms with Gasteiger partial charge in [0.15, 0.2) is 0 Å². The van der Waals surface area contributed by atoms with Crippen LogP contribution in [0.4, 0.5) is 5.69 Å². The summed E-state index contributed by atoms with van der Waals surface area (Å²) in [4.78, 5) is 60.3. The molecule has 3 heterocycles. The summed E-state index contributed by atoms with van der Waals surface area (Å²) < 4.78 is 0. The van der Waals surface area contributed by atoms with Crippen molar-refractivity contribution in [2.75, 3.05) is 37.7 Å². The molecule has 0 aromatic heterocycles. The molecule has 2 aromatic carbocycles. The molecule has 0 radical (unpaired) electrons. The predicted molar refractivity (Wildman–Crippen MR) is 182 cm³/mol. The number of piperidine rings is 2. The lowest BCUT2D eigenvalue weighted by Gasteiger charge is -2.44. The van der Waals surface area contributed by atoms with Crippen LogP contribution in [0.5, 0.6) is 0 Å². The molecule has 4 aliphatic rings. The van der Waals surface area contributed by atoms with Crippen molar-refractivity contribution in [1.82, 2.24) is 25.8 Å². The van der Waals surface area contributed by atoms with Crippen molar-refractivity contribution >= 4 is 40.9 Å². The van der Waals surface area contributed by atoms with Crippen LogP contribution in [0.25, 0.3) is 0 Å². The number of nitrogens with zero attached hydrogens (tertiary/aromatic N) is 3. The molecule has 3 aliphatic heterocycles. The predicted octanol–water partition coefficient (Wildman–Crippen LogP) is 3.63. The molecule has 252 valence electrons. The Kier molecular flexibility index (Phi) is 10.7. The van der Waals surface area contributed by atoms with Gasteiger partial charge in [-0.2, -0.15) is 0 Å². The SMILES string of the molecule is O=C(CN1CN(c2ccccc2)C2(CCN(C(=O)[C@@H](Cc3ccc(Cl)cc3)NC(=O)[C@@H]3CCCCN3)CC2)C1=O)NC1CCCCC1. The second-order valence-electron chi connectivity index (χ2n) is 13.6. The quantitative estimate of drug-likeness (QED) is 0.378. The van der Waals surface area contributed by atoms with Crippen LogP contribution in [-0.2, 0) is 25.6 Å². The Labute approximate surface area is 282 Å². The fraction of sp³-hybridized carbons (Fsp3) is 0.556. The number of hydrogen-bond donors (Lipinski definition) is 3. The summed E-state index contributed by atoms with van der Waals surface area (Å²) in [6.07, 6.45) is 9.37. The molecule has 0 unspecified atom stereocenters. The van der Waals surface area contributed by atoms with Gasteiger partial charge in [0, 0.05) is 36.3 Å². The molecule has 0 bridgehead atoms. The molecule has 2 aromatic rings. The summed E-state index contributed by atoms with van der Waals surface area (Å²) in [7, 11) is 0. The monoisotopic (exact) mass is 662 g/mol. The topological polar surface area (TPSA) is 114 Å². The number of amides is 4.